The van der Waals surface area contributed by atoms with Crippen LogP contribution in [-0.4, -0.2) is 59.0 Å². The van der Waals surface area contributed by atoms with Gasteiger partial charge in [0, 0.05) is 51.0 Å². The number of hydrogen-bond donors (Lipinski definition) is 1. The van der Waals surface area contributed by atoms with E-state index in [1.165, 1.54) is 0 Å². The molecule has 0 spiro atoms. The number of carbonyl (C=O) groups is 1. The summed E-state index contributed by atoms with van der Waals surface area (Å²) in [6, 6.07) is 5.76. The lowest BCUT2D eigenvalue weighted by atomic mass is 9.98. The maximum atomic E-state index is 12.2. The first-order chi connectivity index (χ1) is 12.7. The Bertz CT molecular complexity index is 681. The van der Waals surface area contributed by atoms with E-state index in [0.29, 0.717) is 25.6 Å². The zero-order chi connectivity index (χ0) is 18.2. The number of piperidine rings is 1. The van der Waals surface area contributed by atoms with Gasteiger partial charge in [0.1, 0.15) is 0 Å². The van der Waals surface area contributed by atoms with E-state index in [9.17, 15) is 4.79 Å². The molecule has 1 amide bonds. The van der Waals surface area contributed by atoms with Crippen molar-refractivity contribution in [1.29, 1.82) is 0 Å². The van der Waals surface area contributed by atoms with E-state index in [-0.39, 0.29) is 5.91 Å². The van der Waals surface area contributed by atoms with Gasteiger partial charge < -0.3 is 10.2 Å². The number of hydrogen-bond acceptors (Lipinski definition) is 6. The molecule has 0 aliphatic carbocycles. The molecule has 0 unspecified atom stereocenters. The van der Waals surface area contributed by atoms with Gasteiger partial charge in [-0.3, -0.25) is 14.7 Å². The van der Waals surface area contributed by atoms with Crippen molar-refractivity contribution in [3.8, 4) is 0 Å². The molecular weight excluding hydrogens is 328 g/mol. The summed E-state index contributed by atoms with van der Waals surface area (Å²) in [6.45, 7) is 3.65. The molecular formula is C19H26N6O. The third kappa shape index (κ3) is 5.49. The van der Waals surface area contributed by atoms with Crippen molar-refractivity contribution in [1.82, 2.24) is 25.2 Å². The SMILES string of the molecule is CN(CC(=O)NC[C@@H]1CCCN(c2ncccn2)C1)Cc1cccnc1. The Morgan fingerprint density at radius 3 is 2.92 bits per heavy atom. The van der Waals surface area contributed by atoms with Gasteiger partial charge in [-0.05, 0) is 43.5 Å². The first-order valence-corrected chi connectivity index (χ1v) is 9.07. The number of carbonyl (C=O) groups excluding carboxylic acids is 1. The highest BCUT2D eigenvalue weighted by molar-refractivity contribution is 5.77. The van der Waals surface area contributed by atoms with E-state index in [4.69, 9.17) is 0 Å². The standard InChI is InChI=1S/C19H26N6O/c1-24(13-16-5-2-7-20-11-16)15-18(26)23-12-17-6-3-10-25(14-17)19-21-8-4-9-22-19/h2,4-5,7-9,11,17H,3,6,10,12-15H2,1H3,(H,23,26)/t17-/m0/s1. The molecule has 2 aromatic heterocycles. The third-order valence-electron chi connectivity index (χ3n) is 4.53. The molecule has 0 saturated carbocycles. The van der Waals surface area contributed by atoms with Crippen molar-refractivity contribution in [2.75, 3.05) is 38.1 Å². The Morgan fingerprint density at radius 1 is 1.31 bits per heavy atom. The summed E-state index contributed by atoms with van der Waals surface area (Å²) in [5.41, 5.74) is 1.11. The lowest BCUT2D eigenvalue weighted by Gasteiger charge is -2.32. The molecule has 0 bridgehead atoms. The Labute approximate surface area is 154 Å². The molecule has 1 saturated heterocycles. The second-order valence-corrected chi connectivity index (χ2v) is 6.84. The Kier molecular flexibility index (Phi) is 6.49. The second-order valence-electron chi connectivity index (χ2n) is 6.84. The van der Waals surface area contributed by atoms with E-state index in [1.54, 1.807) is 18.6 Å². The number of rotatable bonds is 7. The van der Waals surface area contributed by atoms with E-state index >= 15 is 0 Å². The van der Waals surface area contributed by atoms with Gasteiger partial charge in [-0.1, -0.05) is 6.07 Å². The molecule has 1 aliphatic rings. The fraction of sp³-hybridized carbons (Fsp3) is 0.474. The number of aromatic nitrogens is 3. The molecule has 26 heavy (non-hydrogen) atoms. The van der Waals surface area contributed by atoms with Crippen LogP contribution in [0.2, 0.25) is 0 Å². The number of nitrogens with zero attached hydrogens (tertiary/aromatic N) is 5. The molecule has 2 aromatic rings. The molecule has 1 N–H and O–H groups in total. The van der Waals surface area contributed by atoms with E-state index in [2.05, 4.69) is 25.2 Å². The van der Waals surface area contributed by atoms with E-state index in [1.807, 2.05) is 36.3 Å². The van der Waals surface area contributed by atoms with Gasteiger partial charge in [0.15, 0.2) is 0 Å². The Balaban J connectivity index is 1.41. The minimum Gasteiger partial charge on any atom is -0.355 e. The highest BCUT2D eigenvalue weighted by Gasteiger charge is 2.22. The van der Waals surface area contributed by atoms with Crippen molar-refractivity contribution in [3.63, 3.8) is 0 Å². The lowest BCUT2D eigenvalue weighted by molar-refractivity contribution is -0.122. The fourth-order valence-corrected chi connectivity index (χ4v) is 3.29. The third-order valence-corrected chi connectivity index (χ3v) is 4.53. The van der Waals surface area contributed by atoms with Crippen LogP contribution in [0.4, 0.5) is 5.95 Å². The molecule has 7 heteroatoms. The summed E-state index contributed by atoms with van der Waals surface area (Å²) in [5, 5.41) is 3.08. The maximum Gasteiger partial charge on any atom is 0.234 e. The average molecular weight is 354 g/mol. The number of likely N-dealkylation sites (N-methyl/N-ethyl adjacent to an activating group) is 1. The second kappa shape index (κ2) is 9.24. The summed E-state index contributed by atoms with van der Waals surface area (Å²) in [7, 11) is 1.95. The number of pyridine rings is 1. The summed E-state index contributed by atoms with van der Waals surface area (Å²) in [5.74, 6) is 1.27. The molecule has 0 radical (unpaired) electrons. The molecule has 3 rings (SSSR count). The van der Waals surface area contributed by atoms with Crippen molar-refractivity contribution >= 4 is 11.9 Å². The number of amides is 1. The van der Waals surface area contributed by atoms with Gasteiger partial charge in [0.25, 0.3) is 0 Å². The molecule has 1 aliphatic heterocycles. The van der Waals surface area contributed by atoms with Crippen LogP contribution in [-0.2, 0) is 11.3 Å². The number of anilines is 1. The van der Waals surface area contributed by atoms with Crippen LogP contribution in [0.15, 0.2) is 43.0 Å². The van der Waals surface area contributed by atoms with Crippen LogP contribution in [0, 0.1) is 5.92 Å². The van der Waals surface area contributed by atoms with Gasteiger partial charge in [-0.25, -0.2) is 9.97 Å². The van der Waals surface area contributed by atoms with Crippen molar-refractivity contribution in [3.05, 3.63) is 48.5 Å². The smallest absolute Gasteiger partial charge is 0.234 e. The minimum absolute atomic E-state index is 0.0597. The molecule has 0 aromatic carbocycles. The minimum atomic E-state index is 0.0597. The zero-order valence-corrected chi connectivity index (χ0v) is 15.2. The highest BCUT2D eigenvalue weighted by Crippen LogP contribution is 2.19. The molecule has 1 fully saturated rings. The van der Waals surface area contributed by atoms with Gasteiger partial charge in [0.05, 0.1) is 6.54 Å². The van der Waals surface area contributed by atoms with E-state index in [0.717, 1.165) is 37.4 Å². The summed E-state index contributed by atoms with van der Waals surface area (Å²) in [4.78, 5) is 29.2. The van der Waals surface area contributed by atoms with Gasteiger partial charge in [-0.15, -0.1) is 0 Å². The van der Waals surface area contributed by atoms with Crippen molar-refractivity contribution in [2.45, 2.75) is 19.4 Å². The topological polar surface area (TPSA) is 74.2 Å². The monoisotopic (exact) mass is 354 g/mol. The van der Waals surface area contributed by atoms with Crippen molar-refractivity contribution < 1.29 is 4.79 Å². The van der Waals surface area contributed by atoms with Crippen LogP contribution in [0.3, 0.4) is 0 Å². The summed E-state index contributed by atoms with van der Waals surface area (Å²) in [6.07, 6.45) is 9.34. The predicted octanol–water partition coefficient (Wildman–Crippen LogP) is 1.34. The molecule has 1 atom stereocenters. The van der Waals surface area contributed by atoms with Gasteiger partial charge in [0.2, 0.25) is 11.9 Å². The summed E-state index contributed by atoms with van der Waals surface area (Å²) < 4.78 is 0. The quantitative estimate of drug-likeness (QED) is 0.809. The first kappa shape index (κ1) is 18.3. The molecule has 7 nitrogen and oxygen atoms in total. The van der Waals surface area contributed by atoms with Crippen molar-refractivity contribution in [2.24, 2.45) is 5.92 Å². The fourth-order valence-electron chi connectivity index (χ4n) is 3.29. The van der Waals surface area contributed by atoms with Crippen LogP contribution in [0.25, 0.3) is 0 Å². The largest absolute Gasteiger partial charge is 0.355 e. The number of nitrogens with one attached hydrogen (secondary N) is 1. The summed E-state index contributed by atoms with van der Waals surface area (Å²) >= 11 is 0. The molecule has 138 valence electrons. The Hall–Kier alpha value is -2.54. The van der Waals surface area contributed by atoms with Crippen LogP contribution < -0.4 is 10.2 Å². The normalized spacial score (nSPS) is 17.3. The Morgan fingerprint density at radius 2 is 2.15 bits per heavy atom. The van der Waals surface area contributed by atoms with Crippen LogP contribution in [0.5, 0.6) is 0 Å². The lowest BCUT2D eigenvalue weighted by Crippen LogP contribution is -2.43. The van der Waals surface area contributed by atoms with Gasteiger partial charge in [-0.2, -0.15) is 0 Å². The van der Waals surface area contributed by atoms with Crippen LogP contribution in [0.1, 0.15) is 18.4 Å². The first-order valence-electron chi connectivity index (χ1n) is 9.07. The average Bonchev–Trinajstić information content (AvgIpc) is 2.68. The predicted molar refractivity (Wildman–Crippen MR) is 101 cm³/mol. The van der Waals surface area contributed by atoms with Gasteiger partial charge >= 0.3 is 0 Å². The van der Waals surface area contributed by atoms with E-state index < -0.39 is 0 Å². The highest BCUT2D eigenvalue weighted by atomic mass is 16.2. The zero-order valence-electron chi connectivity index (χ0n) is 15.2. The molecule has 3 heterocycles. The van der Waals surface area contributed by atoms with Crippen LogP contribution >= 0.6 is 0 Å². The maximum absolute atomic E-state index is 12.2.